The monoisotopic (exact) mass is 260 g/mol. The van der Waals surface area contributed by atoms with E-state index in [1.54, 1.807) is 13.8 Å². The zero-order valence-corrected chi connectivity index (χ0v) is 9.92. The van der Waals surface area contributed by atoms with Gasteiger partial charge in [0.1, 0.15) is 11.4 Å². The standard InChI is InChI=1S/C12H12F4N2/c1-4-7-5-12(15,16)10-8(7)9(11(13)14)17-18(10)6(2)3/h1,6-7,11H,5H2,2-3H3/t7-/m1/s1. The summed E-state index contributed by atoms with van der Waals surface area (Å²) < 4.78 is 54.5. The SMILES string of the molecule is C#C[C@@H]1CC(F)(F)c2c1c(C(F)F)nn2C(C)C. The smallest absolute Gasteiger partial charge is 0.260 e. The molecule has 0 spiro atoms. The Labute approximate surface area is 102 Å². The van der Waals surface area contributed by atoms with Crippen molar-refractivity contribution in [3.63, 3.8) is 0 Å². The van der Waals surface area contributed by atoms with E-state index in [1.807, 2.05) is 0 Å². The van der Waals surface area contributed by atoms with Crippen LogP contribution >= 0.6 is 0 Å². The molecule has 1 aliphatic carbocycles. The van der Waals surface area contributed by atoms with Crippen LogP contribution in [0.15, 0.2) is 0 Å². The number of fused-ring (bicyclic) bond motifs is 1. The first-order valence-electron chi connectivity index (χ1n) is 5.54. The molecular weight excluding hydrogens is 248 g/mol. The van der Waals surface area contributed by atoms with Crippen LogP contribution in [-0.2, 0) is 5.92 Å². The summed E-state index contributed by atoms with van der Waals surface area (Å²) in [6, 6.07) is -0.423. The normalized spacial score (nSPS) is 21.4. The average molecular weight is 260 g/mol. The van der Waals surface area contributed by atoms with Crippen molar-refractivity contribution < 1.29 is 17.6 Å². The van der Waals surface area contributed by atoms with Crippen molar-refractivity contribution in [2.45, 2.75) is 44.6 Å². The van der Waals surface area contributed by atoms with Gasteiger partial charge in [-0.3, -0.25) is 4.68 Å². The summed E-state index contributed by atoms with van der Waals surface area (Å²) in [5, 5.41) is 3.62. The highest BCUT2D eigenvalue weighted by Crippen LogP contribution is 2.51. The topological polar surface area (TPSA) is 17.8 Å². The Morgan fingerprint density at radius 3 is 2.50 bits per heavy atom. The third kappa shape index (κ3) is 1.69. The molecule has 0 saturated carbocycles. The van der Waals surface area contributed by atoms with Gasteiger partial charge >= 0.3 is 0 Å². The first-order chi connectivity index (χ1) is 8.29. The molecule has 6 heteroatoms. The lowest BCUT2D eigenvalue weighted by Crippen LogP contribution is -2.18. The highest BCUT2D eigenvalue weighted by Gasteiger charge is 2.51. The van der Waals surface area contributed by atoms with Gasteiger partial charge in [-0.2, -0.15) is 13.9 Å². The minimum atomic E-state index is -3.20. The van der Waals surface area contributed by atoms with Crippen molar-refractivity contribution in [1.29, 1.82) is 0 Å². The molecule has 18 heavy (non-hydrogen) atoms. The maximum absolute atomic E-state index is 13.9. The Kier molecular flexibility index (Phi) is 2.88. The third-order valence-electron chi connectivity index (χ3n) is 3.03. The van der Waals surface area contributed by atoms with Gasteiger partial charge in [-0.1, -0.05) is 5.92 Å². The van der Waals surface area contributed by atoms with Crippen molar-refractivity contribution in [2.75, 3.05) is 0 Å². The highest BCUT2D eigenvalue weighted by molar-refractivity contribution is 5.43. The van der Waals surface area contributed by atoms with Gasteiger partial charge in [-0.05, 0) is 13.8 Å². The summed E-state index contributed by atoms with van der Waals surface area (Å²) >= 11 is 0. The third-order valence-corrected chi connectivity index (χ3v) is 3.03. The fourth-order valence-corrected chi connectivity index (χ4v) is 2.31. The van der Waals surface area contributed by atoms with Crippen LogP contribution in [0.3, 0.4) is 0 Å². The summed E-state index contributed by atoms with van der Waals surface area (Å²) in [5.74, 6) is -2.04. The molecule has 98 valence electrons. The van der Waals surface area contributed by atoms with Gasteiger partial charge in [-0.25, -0.2) is 8.78 Å². The van der Waals surface area contributed by atoms with Crippen LogP contribution < -0.4 is 0 Å². The number of aromatic nitrogens is 2. The summed E-state index contributed by atoms with van der Waals surface area (Å²) in [6.07, 6.45) is 1.64. The van der Waals surface area contributed by atoms with Crippen molar-refractivity contribution in [1.82, 2.24) is 9.78 Å². The van der Waals surface area contributed by atoms with Gasteiger partial charge in [0.25, 0.3) is 12.3 Å². The Hall–Kier alpha value is -1.51. The lowest BCUT2D eigenvalue weighted by Gasteiger charge is -2.15. The molecule has 0 unspecified atom stereocenters. The number of hydrogen-bond acceptors (Lipinski definition) is 1. The van der Waals surface area contributed by atoms with Gasteiger partial charge in [0.05, 0.1) is 5.92 Å². The van der Waals surface area contributed by atoms with Crippen LogP contribution in [0.1, 0.15) is 55.6 Å². The van der Waals surface area contributed by atoms with Gasteiger partial charge in [0, 0.05) is 18.0 Å². The van der Waals surface area contributed by atoms with Crippen molar-refractivity contribution in [3.8, 4) is 12.3 Å². The Morgan fingerprint density at radius 1 is 1.44 bits per heavy atom. The second kappa shape index (κ2) is 4.01. The molecule has 1 heterocycles. The molecule has 1 aliphatic rings. The predicted molar refractivity (Wildman–Crippen MR) is 57.7 cm³/mol. The first-order valence-corrected chi connectivity index (χ1v) is 5.54. The van der Waals surface area contributed by atoms with E-state index in [4.69, 9.17) is 6.42 Å². The number of terminal acetylenes is 1. The van der Waals surface area contributed by atoms with Crippen molar-refractivity contribution >= 4 is 0 Å². The quantitative estimate of drug-likeness (QED) is 0.586. The molecular formula is C12H12F4N2. The Balaban J connectivity index is 2.72. The minimum Gasteiger partial charge on any atom is -0.260 e. The fourth-order valence-electron chi connectivity index (χ4n) is 2.31. The second-order valence-corrected chi connectivity index (χ2v) is 4.61. The summed E-state index contributed by atoms with van der Waals surface area (Å²) in [4.78, 5) is 0. The maximum atomic E-state index is 13.9. The summed E-state index contributed by atoms with van der Waals surface area (Å²) in [6.45, 7) is 3.23. The van der Waals surface area contributed by atoms with E-state index >= 15 is 0 Å². The van der Waals surface area contributed by atoms with Crippen LogP contribution in [0.5, 0.6) is 0 Å². The molecule has 0 aromatic carbocycles. The molecule has 0 amide bonds. The lowest BCUT2D eigenvalue weighted by atomic mass is 10.0. The molecule has 1 aromatic heterocycles. The second-order valence-electron chi connectivity index (χ2n) is 4.61. The molecule has 2 nitrogen and oxygen atoms in total. The van der Waals surface area contributed by atoms with Crippen LogP contribution in [-0.4, -0.2) is 9.78 Å². The molecule has 1 atom stereocenters. The number of halogens is 4. The molecule has 2 rings (SSSR count). The number of alkyl halides is 4. The van der Waals surface area contributed by atoms with Gasteiger partial charge in [-0.15, -0.1) is 6.42 Å². The Bertz CT molecular complexity index is 511. The van der Waals surface area contributed by atoms with Crippen molar-refractivity contribution in [2.24, 2.45) is 0 Å². The minimum absolute atomic E-state index is 0.161. The largest absolute Gasteiger partial charge is 0.291 e. The van der Waals surface area contributed by atoms with Crippen molar-refractivity contribution in [3.05, 3.63) is 17.0 Å². The van der Waals surface area contributed by atoms with E-state index in [0.717, 1.165) is 4.68 Å². The predicted octanol–water partition coefficient (Wildman–Crippen LogP) is 3.61. The van der Waals surface area contributed by atoms with E-state index in [1.165, 1.54) is 0 Å². The molecule has 0 radical (unpaired) electrons. The molecule has 0 bridgehead atoms. The number of rotatable bonds is 2. The molecule has 0 N–H and O–H groups in total. The van der Waals surface area contributed by atoms with E-state index in [2.05, 4.69) is 11.0 Å². The highest BCUT2D eigenvalue weighted by atomic mass is 19.3. The maximum Gasteiger partial charge on any atom is 0.291 e. The van der Waals surface area contributed by atoms with E-state index in [0.29, 0.717) is 0 Å². The molecule has 0 aliphatic heterocycles. The molecule has 0 saturated heterocycles. The zero-order valence-electron chi connectivity index (χ0n) is 9.92. The first kappa shape index (κ1) is 12.9. The molecule has 0 fully saturated rings. The van der Waals surface area contributed by atoms with Crippen LogP contribution in [0.2, 0.25) is 0 Å². The van der Waals surface area contributed by atoms with E-state index in [-0.39, 0.29) is 5.56 Å². The van der Waals surface area contributed by atoms with Gasteiger partial charge < -0.3 is 0 Å². The summed E-state index contributed by atoms with van der Waals surface area (Å²) in [7, 11) is 0. The Morgan fingerprint density at radius 2 is 2.06 bits per heavy atom. The summed E-state index contributed by atoms with van der Waals surface area (Å²) in [5.41, 5.74) is -1.22. The number of hydrogen-bond donors (Lipinski definition) is 0. The lowest BCUT2D eigenvalue weighted by molar-refractivity contribution is -0.0138. The fraction of sp³-hybridized carbons (Fsp3) is 0.583. The van der Waals surface area contributed by atoms with Crippen LogP contribution in [0, 0.1) is 12.3 Å². The van der Waals surface area contributed by atoms with Gasteiger partial charge in [0.2, 0.25) is 0 Å². The van der Waals surface area contributed by atoms with Crippen LogP contribution in [0.4, 0.5) is 17.6 Å². The van der Waals surface area contributed by atoms with E-state index in [9.17, 15) is 17.6 Å². The van der Waals surface area contributed by atoms with Crippen LogP contribution in [0.25, 0.3) is 0 Å². The average Bonchev–Trinajstić information content (AvgIpc) is 2.76. The zero-order chi connectivity index (χ0) is 13.7. The van der Waals surface area contributed by atoms with E-state index < -0.39 is 42.1 Å². The van der Waals surface area contributed by atoms with Gasteiger partial charge in [0.15, 0.2) is 0 Å². The molecule has 1 aromatic rings. The number of nitrogens with zero attached hydrogens (tertiary/aromatic N) is 2.